The summed E-state index contributed by atoms with van der Waals surface area (Å²) in [6.07, 6.45) is 1.27. The number of nitrogens with zero attached hydrogens (tertiary/aromatic N) is 1. The highest BCUT2D eigenvalue weighted by Gasteiger charge is 2.44. The van der Waals surface area contributed by atoms with Crippen LogP contribution in [0.2, 0.25) is 0 Å². The summed E-state index contributed by atoms with van der Waals surface area (Å²) in [5.74, 6) is 1.72. The fourth-order valence-electron chi connectivity index (χ4n) is 4.00. The quantitative estimate of drug-likeness (QED) is 0.917. The van der Waals surface area contributed by atoms with Crippen LogP contribution in [-0.4, -0.2) is 30.6 Å². The van der Waals surface area contributed by atoms with Gasteiger partial charge in [-0.25, -0.2) is 0 Å². The number of hydrogen-bond acceptors (Lipinski definition) is 2. The van der Waals surface area contributed by atoms with Gasteiger partial charge in [-0.05, 0) is 56.0 Å². The molecule has 0 amide bonds. The third kappa shape index (κ3) is 2.48. The summed E-state index contributed by atoms with van der Waals surface area (Å²) in [6.45, 7) is 8.38. The molecule has 3 rings (SSSR count). The van der Waals surface area contributed by atoms with Gasteiger partial charge in [0.05, 0.1) is 0 Å². The normalized spacial score (nSPS) is 32.5. The molecule has 2 saturated heterocycles. The van der Waals surface area contributed by atoms with E-state index in [1.54, 1.807) is 0 Å². The van der Waals surface area contributed by atoms with Gasteiger partial charge in [0.15, 0.2) is 0 Å². The summed E-state index contributed by atoms with van der Waals surface area (Å²) >= 11 is 3.59. The molecule has 1 aromatic carbocycles. The SMILES string of the molecule is CCC1C2CNCC2CN1C(C)c1cccc(Br)c1. The minimum atomic E-state index is 0.521. The summed E-state index contributed by atoms with van der Waals surface area (Å²) in [5, 5.41) is 3.56. The van der Waals surface area contributed by atoms with Crippen molar-refractivity contribution < 1.29 is 0 Å². The molecule has 19 heavy (non-hydrogen) atoms. The van der Waals surface area contributed by atoms with E-state index in [0.717, 1.165) is 17.9 Å². The van der Waals surface area contributed by atoms with Gasteiger partial charge in [-0.1, -0.05) is 35.0 Å². The summed E-state index contributed by atoms with van der Waals surface area (Å²) in [7, 11) is 0. The maximum absolute atomic E-state index is 3.59. The second-order valence-electron chi connectivity index (χ2n) is 5.99. The molecule has 0 bridgehead atoms. The molecular formula is C16H23BrN2. The number of fused-ring (bicyclic) bond motifs is 1. The molecule has 3 heteroatoms. The molecule has 0 saturated carbocycles. The maximum Gasteiger partial charge on any atom is 0.0323 e. The molecule has 0 aromatic heterocycles. The average molecular weight is 323 g/mol. The van der Waals surface area contributed by atoms with Crippen molar-refractivity contribution in [1.82, 2.24) is 10.2 Å². The molecular weight excluding hydrogens is 300 g/mol. The lowest BCUT2D eigenvalue weighted by Gasteiger charge is -2.32. The molecule has 0 aliphatic carbocycles. The van der Waals surface area contributed by atoms with E-state index in [0.29, 0.717) is 6.04 Å². The highest BCUT2D eigenvalue weighted by Crippen LogP contribution is 2.39. The Morgan fingerprint density at radius 1 is 1.42 bits per heavy atom. The van der Waals surface area contributed by atoms with Gasteiger partial charge in [-0.3, -0.25) is 4.90 Å². The van der Waals surface area contributed by atoms with Crippen molar-refractivity contribution in [1.29, 1.82) is 0 Å². The number of likely N-dealkylation sites (tertiary alicyclic amines) is 1. The van der Waals surface area contributed by atoms with Crippen molar-refractivity contribution in [2.45, 2.75) is 32.4 Å². The molecule has 2 heterocycles. The zero-order chi connectivity index (χ0) is 13.4. The van der Waals surface area contributed by atoms with Gasteiger partial charge in [0, 0.05) is 23.1 Å². The van der Waals surface area contributed by atoms with E-state index < -0.39 is 0 Å². The Labute approximate surface area is 124 Å². The molecule has 1 aromatic rings. The van der Waals surface area contributed by atoms with Crippen molar-refractivity contribution in [3.8, 4) is 0 Å². The predicted octanol–water partition coefficient (Wildman–Crippen LogP) is 3.44. The fraction of sp³-hybridized carbons (Fsp3) is 0.625. The summed E-state index contributed by atoms with van der Waals surface area (Å²) in [4.78, 5) is 2.73. The molecule has 2 nitrogen and oxygen atoms in total. The monoisotopic (exact) mass is 322 g/mol. The van der Waals surface area contributed by atoms with Crippen molar-refractivity contribution in [3.05, 3.63) is 34.3 Å². The number of halogens is 1. The van der Waals surface area contributed by atoms with Crippen LogP contribution in [0.4, 0.5) is 0 Å². The average Bonchev–Trinajstić information content (AvgIpc) is 2.97. The van der Waals surface area contributed by atoms with Gasteiger partial charge >= 0.3 is 0 Å². The summed E-state index contributed by atoms with van der Waals surface area (Å²) in [5.41, 5.74) is 1.43. The lowest BCUT2D eigenvalue weighted by Crippen LogP contribution is -2.36. The fourth-order valence-corrected chi connectivity index (χ4v) is 4.41. The molecule has 4 unspecified atom stereocenters. The van der Waals surface area contributed by atoms with Gasteiger partial charge in [0.1, 0.15) is 0 Å². The first-order valence-corrected chi connectivity index (χ1v) is 8.22. The van der Waals surface area contributed by atoms with Gasteiger partial charge in [0.2, 0.25) is 0 Å². The molecule has 0 spiro atoms. The Hall–Kier alpha value is -0.380. The van der Waals surface area contributed by atoms with E-state index >= 15 is 0 Å². The molecule has 0 radical (unpaired) electrons. The van der Waals surface area contributed by atoms with Crippen LogP contribution in [0.5, 0.6) is 0 Å². The molecule has 2 fully saturated rings. The minimum absolute atomic E-state index is 0.521. The first-order valence-electron chi connectivity index (χ1n) is 7.42. The molecule has 2 aliphatic rings. The first-order chi connectivity index (χ1) is 9.20. The van der Waals surface area contributed by atoms with E-state index in [4.69, 9.17) is 0 Å². The van der Waals surface area contributed by atoms with Crippen molar-refractivity contribution >= 4 is 15.9 Å². The summed E-state index contributed by atoms with van der Waals surface area (Å²) in [6, 6.07) is 10.0. The smallest absolute Gasteiger partial charge is 0.0323 e. The Morgan fingerprint density at radius 3 is 3.00 bits per heavy atom. The standard InChI is InChI=1S/C16H23BrN2/c1-3-16-15-9-18-8-13(15)10-19(16)11(2)12-5-4-6-14(17)7-12/h4-7,11,13,15-16,18H,3,8-10H2,1-2H3. The largest absolute Gasteiger partial charge is 0.316 e. The van der Waals surface area contributed by atoms with Crippen LogP contribution in [0.25, 0.3) is 0 Å². The van der Waals surface area contributed by atoms with Crippen molar-refractivity contribution in [2.75, 3.05) is 19.6 Å². The van der Waals surface area contributed by atoms with Crippen LogP contribution in [0.3, 0.4) is 0 Å². The highest BCUT2D eigenvalue weighted by molar-refractivity contribution is 9.10. The van der Waals surface area contributed by atoms with Crippen LogP contribution < -0.4 is 5.32 Å². The third-order valence-electron chi connectivity index (χ3n) is 5.00. The van der Waals surface area contributed by atoms with E-state index in [1.165, 1.54) is 36.1 Å². The first kappa shape index (κ1) is 13.6. The van der Waals surface area contributed by atoms with Gasteiger partial charge in [0.25, 0.3) is 0 Å². The number of benzene rings is 1. The molecule has 4 atom stereocenters. The van der Waals surface area contributed by atoms with Gasteiger partial charge < -0.3 is 5.32 Å². The van der Waals surface area contributed by atoms with Crippen molar-refractivity contribution in [3.63, 3.8) is 0 Å². The second kappa shape index (κ2) is 5.55. The van der Waals surface area contributed by atoms with Crippen LogP contribution in [0.1, 0.15) is 31.9 Å². The van der Waals surface area contributed by atoms with E-state index in [-0.39, 0.29) is 0 Å². The van der Waals surface area contributed by atoms with Crippen LogP contribution >= 0.6 is 15.9 Å². The minimum Gasteiger partial charge on any atom is -0.316 e. The predicted molar refractivity (Wildman–Crippen MR) is 83.2 cm³/mol. The van der Waals surface area contributed by atoms with E-state index in [9.17, 15) is 0 Å². The van der Waals surface area contributed by atoms with Crippen molar-refractivity contribution in [2.24, 2.45) is 11.8 Å². The van der Waals surface area contributed by atoms with Crippen LogP contribution in [-0.2, 0) is 0 Å². The van der Waals surface area contributed by atoms with Gasteiger partial charge in [-0.15, -0.1) is 0 Å². The topological polar surface area (TPSA) is 15.3 Å². The van der Waals surface area contributed by atoms with E-state index in [2.05, 4.69) is 64.3 Å². The summed E-state index contributed by atoms with van der Waals surface area (Å²) < 4.78 is 1.19. The number of hydrogen-bond donors (Lipinski definition) is 1. The highest BCUT2D eigenvalue weighted by atomic mass is 79.9. The van der Waals surface area contributed by atoms with Gasteiger partial charge in [-0.2, -0.15) is 0 Å². The Kier molecular flexibility index (Phi) is 3.97. The maximum atomic E-state index is 3.59. The van der Waals surface area contributed by atoms with Crippen LogP contribution in [0, 0.1) is 11.8 Å². The van der Waals surface area contributed by atoms with Crippen LogP contribution in [0.15, 0.2) is 28.7 Å². The molecule has 2 aliphatic heterocycles. The zero-order valence-electron chi connectivity index (χ0n) is 11.8. The Morgan fingerprint density at radius 2 is 2.26 bits per heavy atom. The Balaban J connectivity index is 1.81. The zero-order valence-corrected chi connectivity index (χ0v) is 13.4. The van der Waals surface area contributed by atoms with E-state index in [1.807, 2.05) is 0 Å². The molecule has 104 valence electrons. The molecule has 1 N–H and O–H groups in total. The third-order valence-corrected chi connectivity index (χ3v) is 5.50. The number of rotatable bonds is 3. The number of nitrogens with one attached hydrogen (secondary N) is 1. The lowest BCUT2D eigenvalue weighted by molar-refractivity contribution is 0.165. The Bertz CT molecular complexity index is 448. The lowest BCUT2D eigenvalue weighted by atomic mass is 9.92. The second-order valence-corrected chi connectivity index (χ2v) is 6.90.